The van der Waals surface area contributed by atoms with E-state index < -0.39 is 0 Å². The Morgan fingerprint density at radius 2 is 1.81 bits per heavy atom. The summed E-state index contributed by atoms with van der Waals surface area (Å²) in [5, 5.41) is 0. The fourth-order valence-electron chi connectivity index (χ4n) is 7.84. The number of aldehydes is 1. The first-order chi connectivity index (χ1) is 12.8. The van der Waals surface area contributed by atoms with E-state index in [0.717, 1.165) is 57.7 Å². The molecular weight excluding hydrogens is 340 g/mol. The van der Waals surface area contributed by atoms with Gasteiger partial charge in [-0.1, -0.05) is 19.4 Å². The van der Waals surface area contributed by atoms with Gasteiger partial charge in [-0.15, -0.1) is 0 Å². The van der Waals surface area contributed by atoms with Gasteiger partial charge in [0.1, 0.15) is 11.9 Å². The van der Waals surface area contributed by atoms with Gasteiger partial charge in [0.25, 0.3) is 0 Å². The lowest BCUT2D eigenvalue weighted by Gasteiger charge is -2.58. The van der Waals surface area contributed by atoms with Gasteiger partial charge >= 0.3 is 5.97 Å². The Morgan fingerprint density at radius 1 is 1.04 bits per heavy atom. The molecule has 27 heavy (non-hydrogen) atoms. The second kappa shape index (κ2) is 5.55. The molecule has 3 saturated carbocycles. The molecule has 0 N–H and O–H groups in total. The van der Waals surface area contributed by atoms with Gasteiger partial charge in [0.05, 0.1) is 0 Å². The molecule has 0 aromatic carbocycles. The predicted octanol–water partition coefficient (Wildman–Crippen LogP) is 4.02. The fraction of sp³-hybridized carbons (Fsp3) is 0.783. The van der Waals surface area contributed by atoms with Gasteiger partial charge < -0.3 is 9.53 Å². The average Bonchev–Trinajstić information content (AvgIpc) is 3.16. The van der Waals surface area contributed by atoms with Crippen LogP contribution in [0.4, 0.5) is 0 Å². The van der Waals surface area contributed by atoms with Crippen LogP contribution >= 0.6 is 0 Å². The summed E-state index contributed by atoms with van der Waals surface area (Å²) >= 11 is 0. The Hall–Kier alpha value is -1.45. The highest BCUT2D eigenvalue weighted by Crippen LogP contribution is 2.68. The minimum absolute atomic E-state index is 0.0571. The lowest BCUT2D eigenvalue weighted by atomic mass is 9.46. The summed E-state index contributed by atoms with van der Waals surface area (Å²) in [5.74, 6) is 1.04. The van der Waals surface area contributed by atoms with E-state index in [1.165, 1.54) is 5.57 Å². The number of hydrogen-bond acceptors (Lipinski definition) is 4. The predicted molar refractivity (Wildman–Crippen MR) is 99.7 cm³/mol. The Labute approximate surface area is 161 Å². The number of fused-ring (bicyclic) bond motifs is 6. The summed E-state index contributed by atoms with van der Waals surface area (Å²) in [4.78, 5) is 36.6. The molecule has 0 bridgehead atoms. The minimum atomic E-state index is -0.333. The highest BCUT2D eigenvalue weighted by Gasteiger charge is 2.68. The van der Waals surface area contributed by atoms with Crippen molar-refractivity contribution in [2.45, 2.75) is 77.2 Å². The van der Waals surface area contributed by atoms with E-state index in [4.69, 9.17) is 4.74 Å². The molecule has 4 fully saturated rings. The van der Waals surface area contributed by atoms with E-state index in [1.54, 1.807) is 0 Å². The molecule has 1 aliphatic heterocycles. The number of carbonyl (C=O) groups is 3. The Morgan fingerprint density at radius 3 is 2.52 bits per heavy atom. The van der Waals surface area contributed by atoms with Crippen LogP contribution in [0, 0.1) is 34.5 Å². The van der Waals surface area contributed by atoms with Crippen LogP contribution in [-0.2, 0) is 19.1 Å². The zero-order valence-corrected chi connectivity index (χ0v) is 16.5. The van der Waals surface area contributed by atoms with Gasteiger partial charge in [-0.25, -0.2) is 0 Å². The number of ether oxygens (including phenoxy) is 1. The molecule has 4 heteroatoms. The highest BCUT2D eigenvalue weighted by molar-refractivity contribution is 5.94. The topological polar surface area (TPSA) is 60.4 Å². The number of carbonyl (C=O) groups excluding carboxylic acids is 3. The first-order valence-corrected chi connectivity index (χ1v) is 10.7. The van der Waals surface area contributed by atoms with E-state index >= 15 is 0 Å². The summed E-state index contributed by atoms with van der Waals surface area (Å²) in [6.07, 6.45) is 11.0. The van der Waals surface area contributed by atoms with E-state index in [9.17, 15) is 14.4 Å². The summed E-state index contributed by atoms with van der Waals surface area (Å²) in [6.45, 7) is 4.63. The lowest BCUT2D eigenvalue weighted by Crippen LogP contribution is -2.56. The minimum Gasteiger partial charge on any atom is -0.458 e. The van der Waals surface area contributed by atoms with Crippen molar-refractivity contribution in [3.8, 4) is 0 Å². The van der Waals surface area contributed by atoms with Crippen molar-refractivity contribution < 1.29 is 19.1 Å². The Balaban J connectivity index is 1.52. The van der Waals surface area contributed by atoms with Crippen LogP contribution in [0.25, 0.3) is 0 Å². The summed E-state index contributed by atoms with van der Waals surface area (Å²) in [6, 6.07) is 0. The molecule has 1 spiro atoms. The zero-order valence-electron chi connectivity index (χ0n) is 16.5. The van der Waals surface area contributed by atoms with Gasteiger partial charge in [0.15, 0.2) is 5.78 Å². The van der Waals surface area contributed by atoms with Crippen molar-refractivity contribution in [1.29, 1.82) is 0 Å². The van der Waals surface area contributed by atoms with Gasteiger partial charge in [-0.3, -0.25) is 9.59 Å². The number of rotatable bonds is 1. The molecule has 0 aromatic rings. The van der Waals surface area contributed by atoms with Gasteiger partial charge in [-0.05, 0) is 74.7 Å². The molecule has 0 unspecified atom stereocenters. The zero-order chi connectivity index (χ0) is 19.0. The molecule has 5 aliphatic rings. The quantitative estimate of drug-likeness (QED) is 0.517. The lowest BCUT2D eigenvalue weighted by molar-refractivity contribution is -0.168. The van der Waals surface area contributed by atoms with Crippen molar-refractivity contribution in [2.24, 2.45) is 34.5 Å². The van der Waals surface area contributed by atoms with Crippen LogP contribution in [0.2, 0.25) is 0 Å². The number of allylic oxidation sites excluding steroid dienone is 2. The maximum atomic E-state index is 13.3. The average molecular weight is 370 g/mol. The van der Waals surface area contributed by atoms with Gasteiger partial charge in [-0.2, -0.15) is 0 Å². The molecule has 5 rings (SSSR count). The largest absolute Gasteiger partial charge is 0.458 e. The molecular formula is C23H30O4. The third-order valence-electron chi connectivity index (χ3n) is 9.51. The van der Waals surface area contributed by atoms with Crippen molar-refractivity contribution in [3.05, 3.63) is 11.6 Å². The third kappa shape index (κ3) is 2.13. The number of ketones is 1. The van der Waals surface area contributed by atoms with Crippen LogP contribution in [-0.4, -0.2) is 23.6 Å². The van der Waals surface area contributed by atoms with Crippen LogP contribution in [0.1, 0.15) is 71.6 Å². The molecule has 1 saturated heterocycles. The first kappa shape index (κ1) is 17.6. The first-order valence-electron chi connectivity index (χ1n) is 10.7. The van der Waals surface area contributed by atoms with Crippen LogP contribution in [0.3, 0.4) is 0 Å². The van der Waals surface area contributed by atoms with E-state index in [1.807, 2.05) is 6.08 Å². The molecule has 0 radical (unpaired) electrons. The van der Waals surface area contributed by atoms with E-state index in [2.05, 4.69) is 13.8 Å². The van der Waals surface area contributed by atoms with Crippen LogP contribution in [0.15, 0.2) is 11.6 Å². The second-order valence-electron chi connectivity index (χ2n) is 10.3. The van der Waals surface area contributed by atoms with Gasteiger partial charge in [0, 0.05) is 23.7 Å². The highest BCUT2D eigenvalue weighted by atomic mass is 16.6. The van der Waals surface area contributed by atoms with Gasteiger partial charge in [0.2, 0.25) is 0 Å². The molecule has 1 heterocycles. The molecule has 0 aromatic heterocycles. The summed E-state index contributed by atoms with van der Waals surface area (Å²) < 4.78 is 5.95. The van der Waals surface area contributed by atoms with Crippen LogP contribution in [0.5, 0.6) is 0 Å². The Kier molecular flexibility index (Phi) is 3.62. The second-order valence-corrected chi connectivity index (χ2v) is 10.3. The number of hydrogen-bond donors (Lipinski definition) is 0. The SMILES string of the molecule is C[C@]12CC[C@H](C=O)CC1=CC(=O)[C@@H]1[C@@H]2CC[C@@]2(C)[C@H]1CC[C@@]21CCC(=O)O1. The monoisotopic (exact) mass is 370 g/mol. The maximum absolute atomic E-state index is 13.3. The molecule has 4 nitrogen and oxygen atoms in total. The van der Waals surface area contributed by atoms with Crippen molar-refractivity contribution in [2.75, 3.05) is 0 Å². The molecule has 4 aliphatic carbocycles. The normalized spacial score (nSPS) is 51.3. The maximum Gasteiger partial charge on any atom is 0.306 e. The van der Waals surface area contributed by atoms with Crippen LogP contribution < -0.4 is 0 Å². The van der Waals surface area contributed by atoms with Crippen molar-refractivity contribution >= 4 is 18.0 Å². The summed E-state index contributed by atoms with van der Waals surface area (Å²) in [5.41, 5.74) is 0.875. The van der Waals surface area contributed by atoms with Crippen molar-refractivity contribution in [3.63, 3.8) is 0 Å². The van der Waals surface area contributed by atoms with E-state index in [-0.39, 0.29) is 40.0 Å². The van der Waals surface area contributed by atoms with Crippen molar-refractivity contribution in [1.82, 2.24) is 0 Å². The fourth-order valence-corrected chi connectivity index (χ4v) is 7.84. The summed E-state index contributed by atoms with van der Waals surface area (Å²) in [7, 11) is 0. The third-order valence-corrected chi connectivity index (χ3v) is 9.51. The smallest absolute Gasteiger partial charge is 0.306 e. The molecule has 7 atom stereocenters. The Bertz CT molecular complexity index is 753. The van der Waals surface area contributed by atoms with E-state index in [0.29, 0.717) is 18.3 Å². The molecule has 146 valence electrons. The standard InChI is InChI=1S/C23H30O4/c1-21-7-3-14(13-24)11-15(21)12-18(25)20-16(21)4-8-22(2)17(20)5-9-23(22)10-6-19(26)27-23/h12-14,16-17,20H,3-11H2,1-2H3/t14-,16-,17-,20+,21-,22-,23+/m0/s1. The molecule has 0 amide bonds. The number of esters is 1.